The van der Waals surface area contributed by atoms with Crippen molar-refractivity contribution in [1.82, 2.24) is 0 Å². The van der Waals surface area contributed by atoms with E-state index in [9.17, 15) is 0 Å². The minimum absolute atomic E-state index is 0.336. The van der Waals surface area contributed by atoms with Crippen LogP contribution in [0, 0.1) is 5.92 Å². The largest absolute Gasteiger partial charge is 0.396 e. The summed E-state index contributed by atoms with van der Waals surface area (Å²) >= 11 is 2.31. The second-order valence-corrected chi connectivity index (χ2v) is 2.84. The van der Waals surface area contributed by atoms with Crippen LogP contribution < -0.4 is 0 Å². The standard InChI is InChI=1S/C5H11IO/c1-5(4-7)2-3-6/h5,7H,2-4H2,1H3. The molecule has 0 saturated heterocycles. The highest BCUT2D eigenvalue weighted by Crippen LogP contribution is 2.01. The average molecular weight is 214 g/mol. The van der Waals surface area contributed by atoms with Crippen molar-refractivity contribution in [3.63, 3.8) is 0 Å². The van der Waals surface area contributed by atoms with Crippen LogP contribution in [0.5, 0.6) is 0 Å². The Morgan fingerprint density at radius 1 is 1.71 bits per heavy atom. The number of hydrogen-bond donors (Lipinski definition) is 1. The van der Waals surface area contributed by atoms with Crippen LogP contribution in [0.1, 0.15) is 13.3 Å². The number of aliphatic hydroxyl groups is 1. The van der Waals surface area contributed by atoms with E-state index in [-0.39, 0.29) is 0 Å². The van der Waals surface area contributed by atoms with Crippen molar-refractivity contribution in [1.29, 1.82) is 0 Å². The van der Waals surface area contributed by atoms with Gasteiger partial charge in [0.05, 0.1) is 0 Å². The summed E-state index contributed by atoms with van der Waals surface area (Å²) in [6.45, 7) is 2.39. The third-order valence-corrected chi connectivity index (χ3v) is 1.54. The highest BCUT2D eigenvalue weighted by atomic mass is 127. The third kappa shape index (κ3) is 4.55. The Labute approximate surface area is 58.3 Å². The van der Waals surface area contributed by atoms with Crippen LogP contribution in [0.25, 0.3) is 0 Å². The van der Waals surface area contributed by atoms with E-state index in [1.54, 1.807) is 0 Å². The van der Waals surface area contributed by atoms with Crippen molar-refractivity contribution >= 4 is 22.6 Å². The minimum atomic E-state index is 0.336. The Morgan fingerprint density at radius 3 is 2.43 bits per heavy atom. The normalized spacial score (nSPS) is 14.1. The van der Waals surface area contributed by atoms with Crippen molar-refractivity contribution in [2.45, 2.75) is 13.3 Å². The van der Waals surface area contributed by atoms with Gasteiger partial charge >= 0.3 is 0 Å². The van der Waals surface area contributed by atoms with E-state index in [1.807, 2.05) is 0 Å². The molecule has 7 heavy (non-hydrogen) atoms. The molecule has 0 aliphatic carbocycles. The fraction of sp³-hybridized carbons (Fsp3) is 1.00. The lowest BCUT2D eigenvalue weighted by Gasteiger charge is -2.01. The van der Waals surface area contributed by atoms with Crippen LogP contribution in [-0.4, -0.2) is 16.1 Å². The van der Waals surface area contributed by atoms with E-state index < -0.39 is 0 Å². The molecule has 0 spiro atoms. The van der Waals surface area contributed by atoms with Crippen molar-refractivity contribution < 1.29 is 5.11 Å². The molecular weight excluding hydrogens is 203 g/mol. The summed E-state index contributed by atoms with van der Waals surface area (Å²) in [5.41, 5.74) is 0. The third-order valence-electron chi connectivity index (χ3n) is 0.914. The molecule has 0 heterocycles. The highest BCUT2D eigenvalue weighted by molar-refractivity contribution is 14.1. The van der Waals surface area contributed by atoms with Gasteiger partial charge in [-0.25, -0.2) is 0 Å². The molecule has 0 bridgehead atoms. The van der Waals surface area contributed by atoms with Gasteiger partial charge in [-0.3, -0.25) is 0 Å². The molecule has 0 rings (SSSR count). The van der Waals surface area contributed by atoms with Gasteiger partial charge in [-0.15, -0.1) is 0 Å². The van der Waals surface area contributed by atoms with Gasteiger partial charge in [0.25, 0.3) is 0 Å². The molecule has 1 N–H and O–H groups in total. The topological polar surface area (TPSA) is 20.2 Å². The van der Waals surface area contributed by atoms with Gasteiger partial charge in [0.15, 0.2) is 0 Å². The van der Waals surface area contributed by atoms with Gasteiger partial charge in [-0.05, 0) is 16.8 Å². The summed E-state index contributed by atoms with van der Waals surface area (Å²) in [5, 5.41) is 8.46. The lowest BCUT2D eigenvalue weighted by atomic mass is 10.1. The number of aliphatic hydroxyl groups excluding tert-OH is 1. The molecule has 1 nitrogen and oxygen atoms in total. The zero-order chi connectivity index (χ0) is 5.70. The minimum Gasteiger partial charge on any atom is -0.396 e. The molecule has 44 valence electrons. The molecule has 0 fully saturated rings. The van der Waals surface area contributed by atoms with E-state index in [0.29, 0.717) is 12.5 Å². The number of rotatable bonds is 3. The molecule has 0 radical (unpaired) electrons. The molecule has 0 aromatic carbocycles. The average Bonchev–Trinajstić information content (AvgIpc) is 1.68. The van der Waals surface area contributed by atoms with Crippen LogP contribution in [0.3, 0.4) is 0 Å². The van der Waals surface area contributed by atoms with Gasteiger partial charge < -0.3 is 5.11 Å². The number of halogens is 1. The summed E-state index contributed by atoms with van der Waals surface area (Å²) in [7, 11) is 0. The van der Waals surface area contributed by atoms with E-state index in [2.05, 4.69) is 29.5 Å². The molecular formula is C5H11IO. The van der Waals surface area contributed by atoms with Crippen LogP contribution in [0.4, 0.5) is 0 Å². The number of hydrogen-bond acceptors (Lipinski definition) is 1. The smallest absolute Gasteiger partial charge is 0.0456 e. The highest BCUT2D eigenvalue weighted by Gasteiger charge is 1.94. The fourth-order valence-corrected chi connectivity index (χ4v) is 1.34. The Balaban J connectivity index is 2.83. The van der Waals surface area contributed by atoms with E-state index in [0.717, 1.165) is 10.8 Å². The second kappa shape index (κ2) is 4.84. The van der Waals surface area contributed by atoms with Crippen molar-refractivity contribution in [3.8, 4) is 0 Å². The Bertz CT molecular complexity index is 39.1. The molecule has 0 aliphatic heterocycles. The van der Waals surface area contributed by atoms with Crippen molar-refractivity contribution in [2.24, 2.45) is 5.92 Å². The number of alkyl halides is 1. The lowest BCUT2D eigenvalue weighted by molar-refractivity contribution is 0.235. The van der Waals surface area contributed by atoms with E-state index in [4.69, 9.17) is 5.11 Å². The molecule has 1 unspecified atom stereocenters. The van der Waals surface area contributed by atoms with Crippen LogP contribution >= 0.6 is 22.6 Å². The summed E-state index contributed by atoms with van der Waals surface area (Å²) in [6, 6.07) is 0. The molecule has 2 heteroatoms. The summed E-state index contributed by atoms with van der Waals surface area (Å²) < 4.78 is 1.15. The van der Waals surface area contributed by atoms with Crippen LogP contribution in [-0.2, 0) is 0 Å². The lowest BCUT2D eigenvalue weighted by Crippen LogP contribution is -1.99. The maximum atomic E-state index is 8.46. The molecule has 0 aromatic heterocycles. The quantitative estimate of drug-likeness (QED) is 0.556. The first-order chi connectivity index (χ1) is 3.31. The first-order valence-electron chi connectivity index (χ1n) is 2.48. The van der Waals surface area contributed by atoms with Gasteiger partial charge in [-0.2, -0.15) is 0 Å². The molecule has 0 amide bonds. The van der Waals surface area contributed by atoms with Crippen LogP contribution in [0.2, 0.25) is 0 Å². The summed E-state index contributed by atoms with van der Waals surface area (Å²) in [5.74, 6) is 0.497. The first kappa shape index (κ1) is 7.69. The zero-order valence-corrected chi connectivity index (χ0v) is 6.68. The van der Waals surface area contributed by atoms with Gasteiger partial charge in [-0.1, -0.05) is 29.5 Å². The predicted octanol–water partition coefficient (Wildman–Crippen LogP) is 1.44. The maximum absolute atomic E-state index is 8.46. The fourth-order valence-electron chi connectivity index (χ4n) is 0.278. The van der Waals surface area contributed by atoms with Gasteiger partial charge in [0, 0.05) is 6.61 Å². The molecule has 1 atom stereocenters. The van der Waals surface area contributed by atoms with E-state index in [1.165, 1.54) is 0 Å². The second-order valence-electron chi connectivity index (χ2n) is 1.77. The van der Waals surface area contributed by atoms with Crippen LogP contribution in [0.15, 0.2) is 0 Å². The first-order valence-corrected chi connectivity index (χ1v) is 4.00. The Kier molecular flexibility index (Phi) is 5.32. The van der Waals surface area contributed by atoms with Gasteiger partial charge in [0.2, 0.25) is 0 Å². The zero-order valence-electron chi connectivity index (χ0n) is 4.52. The summed E-state index contributed by atoms with van der Waals surface area (Å²) in [4.78, 5) is 0. The Hall–Kier alpha value is 0.690. The van der Waals surface area contributed by atoms with E-state index >= 15 is 0 Å². The molecule has 0 aliphatic rings. The Morgan fingerprint density at radius 2 is 2.29 bits per heavy atom. The summed E-state index contributed by atoms with van der Waals surface area (Å²) in [6.07, 6.45) is 1.14. The monoisotopic (exact) mass is 214 g/mol. The molecule has 0 saturated carbocycles. The maximum Gasteiger partial charge on any atom is 0.0456 e. The van der Waals surface area contributed by atoms with Crippen molar-refractivity contribution in [2.75, 3.05) is 11.0 Å². The van der Waals surface area contributed by atoms with Crippen molar-refractivity contribution in [3.05, 3.63) is 0 Å². The molecule has 0 aromatic rings. The SMILES string of the molecule is CC(CO)CCI. The predicted molar refractivity (Wildman–Crippen MR) is 39.8 cm³/mol. The van der Waals surface area contributed by atoms with Gasteiger partial charge in [0.1, 0.15) is 0 Å².